The smallest absolute Gasteiger partial charge is 0.228 e. The molecular weight excluding hydrogens is 368 g/mol. The van der Waals surface area contributed by atoms with Crippen LogP contribution in [0.25, 0.3) is 6.08 Å². The van der Waals surface area contributed by atoms with Crippen LogP contribution >= 0.6 is 12.4 Å². The van der Waals surface area contributed by atoms with Crippen molar-refractivity contribution in [2.75, 3.05) is 32.7 Å². The van der Waals surface area contributed by atoms with E-state index in [2.05, 4.69) is 52.3 Å². The molecular formula is C24H33ClN2O. The topological polar surface area (TPSA) is 23.6 Å². The van der Waals surface area contributed by atoms with Gasteiger partial charge in [-0.2, -0.15) is 0 Å². The fourth-order valence-electron chi connectivity index (χ4n) is 6.74. The van der Waals surface area contributed by atoms with E-state index in [1.165, 1.54) is 44.1 Å². The summed E-state index contributed by atoms with van der Waals surface area (Å²) in [5, 5.41) is 0. The van der Waals surface area contributed by atoms with E-state index < -0.39 is 0 Å². The zero-order valence-corrected chi connectivity index (χ0v) is 17.6. The predicted molar refractivity (Wildman–Crippen MR) is 116 cm³/mol. The van der Waals surface area contributed by atoms with Crippen molar-refractivity contribution in [3.63, 3.8) is 0 Å². The third-order valence-electron chi connectivity index (χ3n) is 7.62. The van der Waals surface area contributed by atoms with Crippen LogP contribution in [0.3, 0.4) is 0 Å². The highest BCUT2D eigenvalue weighted by Crippen LogP contribution is 2.60. The average molecular weight is 401 g/mol. The number of halogens is 1. The highest BCUT2D eigenvalue weighted by Gasteiger charge is 2.55. The summed E-state index contributed by atoms with van der Waals surface area (Å²) in [7, 11) is 0. The van der Waals surface area contributed by atoms with E-state index in [0.29, 0.717) is 5.91 Å². The maximum atomic E-state index is 13.5. The van der Waals surface area contributed by atoms with Crippen molar-refractivity contribution < 1.29 is 4.79 Å². The van der Waals surface area contributed by atoms with E-state index >= 15 is 0 Å². The summed E-state index contributed by atoms with van der Waals surface area (Å²) >= 11 is 0. The molecule has 1 aromatic rings. The fraction of sp³-hybridized carbons (Fsp3) is 0.625. The minimum atomic E-state index is 0. The molecule has 3 nitrogen and oxygen atoms in total. The fourth-order valence-corrected chi connectivity index (χ4v) is 6.74. The molecule has 6 rings (SSSR count). The third kappa shape index (κ3) is 3.89. The Morgan fingerprint density at radius 3 is 2.07 bits per heavy atom. The Labute approximate surface area is 175 Å². The summed E-state index contributed by atoms with van der Waals surface area (Å²) in [6, 6.07) is 10.5. The van der Waals surface area contributed by atoms with E-state index in [1.807, 2.05) is 0 Å². The molecule has 1 amide bonds. The van der Waals surface area contributed by atoms with Crippen LogP contribution in [0.1, 0.15) is 44.1 Å². The zero-order valence-electron chi connectivity index (χ0n) is 16.8. The Morgan fingerprint density at radius 2 is 1.50 bits per heavy atom. The van der Waals surface area contributed by atoms with Crippen molar-refractivity contribution in [2.24, 2.45) is 23.2 Å². The van der Waals surface area contributed by atoms with Gasteiger partial charge in [0.25, 0.3) is 0 Å². The summed E-state index contributed by atoms with van der Waals surface area (Å²) in [4.78, 5) is 18.1. The zero-order chi connectivity index (χ0) is 18.3. The van der Waals surface area contributed by atoms with Gasteiger partial charge in [-0.05, 0) is 61.8 Å². The van der Waals surface area contributed by atoms with E-state index in [1.54, 1.807) is 0 Å². The Hall–Kier alpha value is -1.32. The number of hydrogen-bond acceptors (Lipinski definition) is 2. The maximum Gasteiger partial charge on any atom is 0.228 e. The number of carbonyl (C=O) groups excluding carboxylic acids is 1. The lowest BCUT2D eigenvalue weighted by atomic mass is 9.49. The Kier molecular flexibility index (Phi) is 5.85. The van der Waals surface area contributed by atoms with Gasteiger partial charge in [0, 0.05) is 32.7 Å². The first-order chi connectivity index (χ1) is 13.2. The lowest BCUT2D eigenvalue weighted by Gasteiger charge is -2.57. The van der Waals surface area contributed by atoms with Crippen molar-refractivity contribution in [1.29, 1.82) is 0 Å². The molecule has 1 aliphatic heterocycles. The molecule has 152 valence electrons. The van der Waals surface area contributed by atoms with Gasteiger partial charge in [-0.3, -0.25) is 9.69 Å². The lowest BCUT2D eigenvalue weighted by molar-refractivity contribution is -0.159. The van der Waals surface area contributed by atoms with Crippen LogP contribution in [0.5, 0.6) is 0 Å². The van der Waals surface area contributed by atoms with Crippen LogP contribution in [0.15, 0.2) is 36.4 Å². The van der Waals surface area contributed by atoms with Crippen LogP contribution in [0.2, 0.25) is 0 Å². The molecule has 4 bridgehead atoms. The van der Waals surface area contributed by atoms with Crippen LogP contribution in [0, 0.1) is 23.2 Å². The van der Waals surface area contributed by atoms with E-state index in [9.17, 15) is 4.79 Å². The van der Waals surface area contributed by atoms with Gasteiger partial charge < -0.3 is 4.90 Å². The average Bonchev–Trinajstić information content (AvgIpc) is 2.68. The third-order valence-corrected chi connectivity index (χ3v) is 7.62. The van der Waals surface area contributed by atoms with Crippen molar-refractivity contribution in [3.05, 3.63) is 42.0 Å². The highest BCUT2D eigenvalue weighted by molar-refractivity contribution is 5.85. The summed E-state index contributed by atoms with van der Waals surface area (Å²) in [5.74, 6) is 3.07. The SMILES string of the molecule is Cl.O=C(N1CCN(CC=Cc2ccccc2)CC1)C12CC3CC(CC(C3)C1)C2. The largest absolute Gasteiger partial charge is 0.340 e. The van der Waals surface area contributed by atoms with Crippen LogP contribution in [0.4, 0.5) is 0 Å². The molecule has 4 saturated carbocycles. The second kappa shape index (κ2) is 8.20. The first-order valence-electron chi connectivity index (χ1n) is 10.9. The number of carbonyl (C=O) groups is 1. The quantitative estimate of drug-likeness (QED) is 0.743. The molecule has 28 heavy (non-hydrogen) atoms. The molecule has 0 unspecified atom stereocenters. The number of hydrogen-bond donors (Lipinski definition) is 0. The van der Waals surface area contributed by atoms with Crippen molar-refractivity contribution in [3.8, 4) is 0 Å². The Bertz CT molecular complexity index is 673. The number of rotatable bonds is 4. The molecule has 4 heteroatoms. The molecule has 0 aromatic heterocycles. The van der Waals surface area contributed by atoms with Gasteiger partial charge in [-0.1, -0.05) is 42.5 Å². The Balaban J connectivity index is 0.00000192. The second-order valence-electron chi connectivity index (χ2n) is 9.60. The minimum absolute atomic E-state index is 0. The maximum absolute atomic E-state index is 13.5. The number of piperazine rings is 1. The molecule has 5 fully saturated rings. The summed E-state index contributed by atoms with van der Waals surface area (Å²) < 4.78 is 0. The first-order valence-corrected chi connectivity index (χ1v) is 10.9. The Morgan fingerprint density at radius 1 is 0.929 bits per heavy atom. The standard InChI is InChI=1S/C24H32N2O.ClH/c27-23(24-16-20-13-21(17-24)15-22(14-20)18-24)26-11-9-25(10-12-26)8-4-7-19-5-2-1-3-6-19;/h1-7,20-22H,8-18H2;1H. The number of nitrogens with zero attached hydrogens (tertiary/aromatic N) is 2. The molecule has 1 aromatic carbocycles. The van der Waals surface area contributed by atoms with Crippen LogP contribution in [-0.4, -0.2) is 48.4 Å². The molecule has 1 saturated heterocycles. The molecule has 5 aliphatic rings. The normalized spacial score (nSPS) is 34.6. The van der Waals surface area contributed by atoms with Gasteiger partial charge in [-0.15, -0.1) is 12.4 Å². The van der Waals surface area contributed by atoms with E-state index in [0.717, 1.165) is 50.5 Å². The predicted octanol–water partition coefficient (Wildman–Crippen LogP) is 4.48. The van der Waals surface area contributed by atoms with Crippen LogP contribution in [-0.2, 0) is 4.79 Å². The van der Waals surface area contributed by atoms with Gasteiger partial charge in [0.05, 0.1) is 5.41 Å². The molecule has 0 radical (unpaired) electrons. The van der Waals surface area contributed by atoms with Crippen molar-refractivity contribution in [2.45, 2.75) is 38.5 Å². The second-order valence-corrected chi connectivity index (χ2v) is 9.60. The molecule has 0 atom stereocenters. The summed E-state index contributed by atoms with van der Waals surface area (Å²) in [6.45, 7) is 4.84. The number of amides is 1. The van der Waals surface area contributed by atoms with Gasteiger partial charge in [0.2, 0.25) is 5.91 Å². The van der Waals surface area contributed by atoms with Gasteiger partial charge in [0.1, 0.15) is 0 Å². The first kappa shape index (κ1) is 20.0. The van der Waals surface area contributed by atoms with Crippen LogP contribution < -0.4 is 0 Å². The van der Waals surface area contributed by atoms with E-state index in [4.69, 9.17) is 0 Å². The highest BCUT2D eigenvalue weighted by atomic mass is 35.5. The van der Waals surface area contributed by atoms with Gasteiger partial charge in [0.15, 0.2) is 0 Å². The summed E-state index contributed by atoms with van der Waals surface area (Å²) in [6.07, 6.45) is 12.3. The van der Waals surface area contributed by atoms with Crippen molar-refractivity contribution >= 4 is 24.4 Å². The van der Waals surface area contributed by atoms with Crippen molar-refractivity contribution in [1.82, 2.24) is 9.80 Å². The molecule has 0 spiro atoms. The minimum Gasteiger partial charge on any atom is -0.340 e. The molecule has 0 N–H and O–H groups in total. The summed E-state index contributed by atoms with van der Waals surface area (Å²) in [5.41, 5.74) is 1.29. The lowest BCUT2D eigenvalue weighted by Crippen LogP contribution is -2.58. The molecule has 4 aliphatic carbocycles. The monoisotopic (exact) mass is 400 g/mol. The van der Waals surface area contributed by atoms with Gasteiger partial charge >= 0.3 is 0 Å². The molecule has 1 heterocycles. The van der Waals surface area contributed by atoms with Gasteiger partial charge in [-0.25, -0.2) is 0 Å². The van der Waals surface area contributed by atoms with E-state index in [-0.39, 0.29) is 17.8 Å². The number of benzene rings is 1.